The average molecular weight is 475 g/mol. The lowest BCUT2D eigenvalue weighted by Gasteiger charge is -1.98. The predicted molar refractivity (Wildman–Crippen MR) is 123 cm³/mol. The van der Waals surface area contributed by atoms with E-state index in [0.717, 1.165) is 5.69 Å². The lowest BCUT2D eigenvalue weighted by molar-refractivity contribution is 0.0949. The van der Waals surface area contributed by atoms with Crippen LogP contribution < -0.4 is 16.0 Å². The van der Waals surface area contributed by atoms with Crippen molar-refractivity contribution < 1.29 is 18.8 Å². The Kier molecular flexibility index (Phi) is 11.7. The molecule has 0 saturated carbocycles. The van der Waals surface area contributed by atoms with Crippen LogP contribution >= 0.6 is 11.6 Å². The van der Waals surface area contributed by atoms with Gasteiger partial charge in [-0.1, -0.05) is 29.8 Å². The van der Waals surface area contributed by atoms with Crippen molar-refractivity contribution in [3.05, 3.63) is 88.5 Å². The largest absolute Gasteiger partial charge is 0.354 e. The lowest BCUT2D eigenvalue weighted by Crippen LogP contribution is -2.19. The van der Waals surface area contributed by atoms with Gasteiger partial charge < -0.3 is 16.0 Å². The predicted octanol–water partition coefficient (Wildman–Crippen LogP) is 2.42. The number of nitrogens with zero attached hydrogens (tertiary/aromatic N) is 3. The molecule has 0 aliphatic carbocycles. The Labute approximate surface area is 195 Å². The summed E-state index contributed by atoms with van der Waals surface area (Å²) in [7, 11) is 4.60. The molecule has 0 bridgehead atoms. The highest BCUT2D eigenvalue weighted by Gasteiger charge is 2.04. The van der Waals surface area contributed by atoms with Crippen molar-refractivity contribution in [3.63, 3.8) is 0 Å². The van der Waals surface area contributed by atoms with Crippen molar-refractivity contribution in [1.29, 1.82) is 0 Å². The van der Waals surface area contributed by atoms with Gasteiger partial charge in [-0.2, -0.15) is 4.39 Å². The third kappa shape index (κ3) is 9.83. The van der Waals surface area contributed by atoms with E-state index in [1.807, 2.05) is 19.1 Å². The molecule has 9 nitrogen and oxygen atoms in total. The Balaban J connectivity index is 0.000000247. The smallest absolute Gasteiger partial charge is 0.269 e. The zero-order chi connectivity index (χ0) is 24.8. The fourth-order valence-corrected chi connectivity index (χ4v) is 2.29. The number of pyridine rings is 3. The molecular weight excluding hydrogens is 451 g/mol. The van der Waals surface area contributed by atoms with Crippen LogP contribution in [0.2, 0.25) is 5.15 Å². The number of hydrogen-bond donors (Lipinski definition) is 3. The van der Waals surface area contributed by atoms with E-state index in [0.29, 0.717) is 16.5 Å². The number of carbonyl (C=O) groups is 3. The zero-order valence-corrected chi connectivity index (χ0v) is 19.3. The van der Waals surface area contributed by atoms with Crippen molar-refractivity contribution in [2.45, 2.75) is 6.92 Å². The monoisotopic (exact) mass is 474 g/mol. The van der Waals surface area contributed by atoms with Crippen LogP contribution in [0.5, 0.6) is 0 Å². The fourth-order valence-electron chi connectivity index (χ4n) is 2.12. The minimum atomic E-state index is -0.647. The van der Waals surface area contributed by atoms with Crippen molar-refractivity contribution >= 4 is 29.3 Å². The number of nitrogens with one attached hydrogen (secondary N) is 3. The maximum absolute atomic E-state index is 12.4. The van der Waals surface area contributed by atoms with E-state index in [-0.39, 0.29) is 23.4 Å². The summed E-state index contributed by atoms with van der Waals surface area (Å²) in [5, 5.41) is 7.62. The summed E-state index contributed by atoms with van der Waals surface area (Å²) in [6.07, 6.45) is 0. The Morgan fingerprint density at radius 2 is 1.12 bits per heavy atom. The second-order valence-corrected chi connectivity index (χ2v) is 6.48. The Bertz CT molecular complexity index is 960. The van der Waals surface area contributed by atoms with Gasteiger partial charge >= 0.3 is 0 Å². The highest BCUT2D eigenvalue weighted by molar-refractivity contribution is 6.29. The molecule has 0 radical (unpaired) electrons. The number of halogens is 2. The lowest BCUT2D eigenvalue weighted by atomic mass is 10.3. The molecule has 3 amide bonds. The first-order valence-electron chi connectivity index (χ1n) is 9.56. The molecule has 3 rings (SSSR count). The van der Waals surface area contributed by atoms with Gasteiger partial charge in [-0.25, -0.2) is 15.0 Å². The molecule has 0 aliphatic rings. The standard InChI is InChI=1S/C8H10N2O.C7H7ClN2O.C7H7FN2O/c1-6-4-3-5-7(10-6)8(11)9-2;2*1-9-7(11)5-3-2-4-6(8)10-5/h3-5H,1-2H3,(H,9,11);2*2-4H,1H3,(H,9,11). The van der Waals surface area contributed by atoms with Crippen LogP contribution in [0, 0.1) is 12.9 Å². The first kappa shape index (κ1) is 27.1. The summed E-state index contributed by atoms with van der Waals surface area (Å²) in [6, 6.07) is 14.3. The van der Waals surface area contributed by atoms with Crippen LogP contribution in [0.15, 0.2) is 54.6 Å². The van der Waals surface area contributed by atoms with Gasteiger partial charge in [0.1, 0.15) is 22.2 Å². The molecule has 0 atom stereocenters. The van der Waals surface area contributed by atoms with Gasteiger partial charge in [-0.3, -0.25) is 14.4 Å². The Hall–Kier alpha value is -3.92. The summed E-state index contributed by atoms with van der Waals surface area (Å²) in [4.78, 5) is 43.9. The maximum Gasteiger partial charge on any atom is 0.269 e. The van der Waals surface area contributed by atoms with Crippen LogP contribution in [0.1, 0.15) is 37.2 Å². The molecule has 0 unspecified atom stereocenters. The Morgan fingerprint density at radius 3 is 1.55 bits per heavy atom. The van der Waals surface area contributed by atoms with E-state index < -0.39 is 5.95 Å². The minimum Gasteiger partial charge on any atom is -0.354 e. The number of aromatic nitrogens is 3. The molecular formula is C22H24ClFN6O3. The van der Waals surface area contributed by atoms with Crippen LogP contribution in [0.4, 0.5) is 4.39 Å². The minimum absolute atomic E-state index is 0.0903. The third-order valence-corrected chi connectivity index (χ3v) is 3.91. The first-order valence-corrected chi connectivity index (χ1v) is 9.94. The van der Waals surface area contributed by atoms with Crippen molar-refractivity contribution in [2.24, 2.45) is 0 Å². The molecule has 11 heteroatoms. The normalized spacial score (nSPS) is 9.27. The molecule has 3 aromatic heterocycles. The molecule has 0 aliphatic heterocycles. The van der Waals surface area contributed by atoms with E-state index in [2.05, 4.69) is 30.9 Å². The molecule has 0 spiro atoms. The zero-order valence-electron chi connectivity index (χ0n) is 18.5. The van der Waals surface area contributed by atoms with Crippen molar-refractivity contribution in [3.8, 4) is 0 Å². The highest BCUT2D eigenvalue weighted by atomic mass is 35.5. The van der Waals surface area contributed by atoms with Gasteiger partial charge in [0.2, 0.25) is 5.95 Å². The number of aryl methyl sites for hydroxylation is 1. The molecule has 3 aromatic rings. The second kappa shape index (κ2) is 14.2. The quantitative estimate of drug-likeness (QED) is 0.500. The third-order valence-electron chi connectivity index (χ3n) is 3.70. The maximum atomic E-state index is 12.4. The van der Waals surface area contributed by atoms with Gasteiger partial charge in [0, 0.05) is 26.8 Å². The van der Waals surface area contributed by atoms with Gasteiger partial charge in [0.05, 0.1) is 0 Å². The number of rotatable bonds is 3. The number of carbonyl (C=O) groups excluding carboxylic acids is 3. The summed E-state index contributed by atoms with van der Waals surface area (Å²) < 4.78 is 12.4. The van der Waals surface area contributed by atoms with E-state index in [1.165, 1.54) is 25.2 Å². The molecule has 174 valence electrons. The average Bonchev–Trinajstić information content (AvgIpc) is 2.83. The van der Waals surface area contributed by atoms with Crippen molar-refractivity contribution in [1.82, 2.24) is 30.9 Å². The second-order valence-electron chi connectivity index (χ2n) is 6.09. The SMILES string of the molecule is CNC(=O)c1cccc(C)n1.CNC(=O)c1cccc(Cl)n1.CNC(=O)c1cccc(F)n1. The summed E-state index contributed by atoms with van der Waals surface area (Å²) in [5.74, 6) is -1.41. The highest BCUT2D eigenvalue weighted by Crippen LogP contribution is 2.04. The molecule has 0 aromatic carbocycles. The van der Waals surface area contributed by atoms with Crippen LogP contribution in [0.3, 0.4) is 0 Å². The van der Waals surface area contributed by atoms with Crippen LogP contribution in [0.25, 0.3) is 0 Å². The molecule has 3 N–H and O–H groups in total. The summed E-state index contributed by atoms with van der Waals surface area (Å²) in [5.41, 5.74) is 1.74. The van der Waals surface area contributed by atoms with Crippen molar-refractivity contribution in [2.75, 3.05) is 21.1 Å². The van der Waals surface area contributed by atoms with E-state index >= 15 is 0 Å². The van der Waals surface area contributed by atoms with E-state index in [9.17, 15) is 18.8 Å². The summed E-state index contributed by atoms with van der Waals surface area (Å²) in [6.45, 7) is 1.85. The molecule has 0 saturated heterocycles. The van der Waals surface area contributed by atoms with Gasteiger partial charge in [-0.15, -0.1) is 0 Å². The van der Waals surface area contributed by atoms with Gasteiger partial charge in [0.25, 0.3) is 17.7 Å². The molecule has 3 heterocycles. The number of hydrogen-bond acceptors (Lipinski definition) is 6. The van der Waals surface area contributed by atoms with Gasteiger partial charge in [0.15, 0.2) is 0 Å². The topological polar surface area (TPSA) is 126 Å². The first-order chi connectivity index (χ1) is 15.7. The van der Waals surface area contributed by atoms with Gasteiger partial charge in [-0.05, 0) is 43.3 Å². The molecule has 33 heavy (non-hydrogen) atoms. The van der Waals surface area contributed by atoms with Crippen LogP contribution in [-0.4, -0.2) is 53.8 Å². The fraction of sp³-hybridized carbons (Fsp3) is 0.182. The Morgan fingerprint density at radius 1 is 0.697 bits per heavy atom. The summed E-state index contributed by atoms with van der Waals surface area (Å²) >= 11 is 5.55. The van der Waals surface area contributed by atoms with E-state index in [1.54, 1.807) is 38.4 Å². The molecule has 0 fully saturated rings. The van der Waals surface area contributed by atoms with E-state index in [4.69, 9.17) is 11.6 Å². The number of amides is 3. The van der Waals surface area contributed by atoms with Crippen LogP contribution in [-0.2, 0) is 0 Å².